The molecule has 2 rings (SSSR count). The average molecular weight is 219 g/mol. The van der Waals surface area contributed by atoms with Crippen molar-refractivity contribution in [2.45, 2.75) is 19.3 Å². The minimum Gasteiger partial charge on any atom is -0.396 e. The van der Waals surface area contributed by atoms with Crippen molar-refractivity contribution in [3.05, 3.63) is 35.9 Å². The van der Waals surface area contributed by atoms with E-state index in [4.69, 9.17) is 5.11 Å². The van der Waals surface area contributed by atoms with Crippen molar-refractivity contribution in [1.82, 2.24) is 5.32 Å². The molecule has 1 aromatic carbocycles. The number of benzene rings is 1. The van der Waals surface area contributed by atoms with Gasteiger partial charge in [-0.2, -0.15) is 0 Å². The lowest BCUT2D eigenvalue weighted by molar-refractivity contribution is -0.128. The third kappa shape index (κ3) is 1.71. The van der Waals surface area contributed by atoms with E-state index in [-0.39, 0.29) is 18.4 Å². The summed E-state index contributed by atoms with van der Waals surface area (Å²) in [6, 6.07) is 10.0. The molecule has 2 N–H and O–H groups in total. The van der Waals surface area contributed by atoms with Crippen LogP contribution in [0.3, 0.4) is 0 Å². The van der Waals surface area contributed by atoms with Crippen LogP contribution in [0.15, 0.2) is 30.3 Å². The summed E-state index contributed by atoms with van der Waals surface area (Å²) in [5.74, 6) is 0.212. The summed E-state index contributed by atoms with van der Waals surface area (Å²) in [6.07, 6.45) is 0.512. The van der Waals surface area contributed by atoms with Crippen molar-refractivity contribution in [3.63, 3.8) is 0 Å². The fourth-order valence-electron chi connectivity index (χ4n) is 2.47. The summed E-state index contributed by atoms with van der Waals surface area (Å²) in [5, 5.41) is 12.0. The van der Waals surface area contributed by atoms with E-state index in [2.05, 4.69) is 5.32 Å². The number of rotatable bonds is 3. The van der Waals surface area contributed by atoms with Gasteiger partial charge in [0.2, 0.25) is 5.91 Å². The van der Waals surface area contributed by atoms with E-state index in [1.54, 1.807) is 0 Å². The molecule has 0 radical (unpaired) electrons. The van der Waals surface area contributed by atoms with Gasteiger partial charge in [0.15, 0.2) is 0 Å². The molecule has 1 fully saturated rings. The second-order valence-corrected chi connectivity index (χ2v) is 4.56. The fourth-order valence-corrected chi connectivity index (χ4v) is 2.47. The standard InChI is InChI=1S/C13H17NO2/c1-13(7-8-15)11(9-14-12(13)16)10-5-3-2-4-6-10/h2-6,11,15H,7-9H2,1H3,(H,14,16)/t11?,13-/m1/s1. The van der Waals surface area contributed by atoms with Crippen LogP contribution in [0.1, 0.15) is 24.8 Å². The predicted molar refractivity (Wildman–Crippen MR) is 62.0 cm³/mol. The van der Waals surface area contributed by atoms with E-state index in [1.807, 2.05) is 37.3 Å². The first-order chi connectivity index (χ1) is 7.68. The van der Waals surface area contributed by atoms with Crippen LogP contribution in [0.25, 0.3) is 0 Å². The molecular formula is C13H17NO2. The minimum absolute atomic E-state index is 0.0489. The maximum Gasteiger partial charge on any atom is 0.226 e. The summed E-state index contributed by atoms with van der Waals surface area (Å²) in [5.41, 5.74) is 0.688. The molecule has 2 atom stereocenters. The van der Waals surface area contributed by atoms with E-state index in [1.165, 1.54) is 0 Å². The summed E-state index contributed by atoms with van der Waals surface area (Å²) in [7, 11) is 0. The molecule has 0 bridgehead atoms. The lowest BCUT2D eigenvalue weighted by Gasteiger charge is -2.27. The second kappa shape index (κ2) is 4.26. The smallest absolute Gasteiger partial charge is 0.226 e. The zero-order valence-corrected chi connectivity index (χ0v) is 9.44. The minimum atomic E-state index is -0.476. The van der Waals surface area contributed by atoms with Crippen LogP contribution < -0.4 is 5.32 Å². The van der Waals surface area contributed by atoms with Gasteiger partial charge in [0.05, 0.1) is 5.41 Å². The first-order valence-electron chi connectivity index (χ1n) is 5.62. The Morgan fingerprint density at radius 3 is 2.75 bits per heavy atom. The number of amides is 1. The molecule has 0 aliphatic carbocycles. The van der Waals surface area contributed by atoms with Gasteiger partial charge in [-0.25, -0.2) is 0 Å². The number of carbonyl (C=O) groups is 1. The highest BCUT2D eigenvalue weighted by molar-refractivity contribution is 5.86. The Morgan fingerprint density at radius 2 is 2.12 bits per heavy atom. The van der Waals surface area contributed by atoms with Gasteiger partial charge in [-0.15, -0.1) is 0 Å². The summed E-state index contributed by atoms with van der Waals surface area (Å²) < 4.78 is 0. The highest BCUT2D eigenvalue weighted by Crippen LogP contribution is 2.42. The maximum absolute atomic E-state index is 11.8. The van der Waals surface area contributed by atoms with Gasteiger partial charge in [0, 0.05) is 19.1 Å². The molecule has 3 nitrogen and oxygen atoms in total. The lowest BCUT2D eigenvalue weighted by atomic mass is 9.73. The maximum atomic E-state index is 11.8. The second-order valence-electron chi connectivity index (χ2n) is 4.56. The number of aliphatic hydroxyl groups is 1. The Kier molecular flexibility index (Phi) is 2.97. The Bertz CT molecular complexity index is 377. The predicted octanol–water partition coefficient (Wildman–Crippen LogP) is 1.29. The first-order valence-corrected chi connectivity index (χ1v) is 5.62. The van der Waals surface area contributed by atoms with Crippen molar-refractivity contribution >= 4 is 5.91 Å². The van der Waals surface area contributed by atoms with Crippen molar-refractivity contribution in [1.29, 1.82) is 0 Å². The molecule has 1 aliphatic heterocycles. The van der Waals surface area contributed by atoms with Gasteiger partial charge in [-0.05, 0) is 12.0 Å². The van der Waals surface area contributed by atoms with Crippen LogP contribution in [0.5, 0.6) is 0 Å². The normalized spacial score (nSPS) is 29.1. The van der Waals surface area contributed by atoms with E-state index in [0.717, 1.165) is 5.56 Å². The quantitative estimate of drug-likeness (QED) is 0.804. The Morgan fingerprint density at radius 1 is 1.44 bits per heavy atom. The first kappa shape index (κ1) is 11.1. The van der Waals surface area contributed by atoms with E-state index in [9.17, 15) is 4.79 Å². The molecule has 3 heteroatoms. The van der Waals surface area contributed by atoms with Gasteiger partial charge < -0.3 is 10.4 Å². The number of hydrogen-bond donors (Lipinski definition) is 2. The number of aliphatic hydroxyl groups excluding tert-OH is 1. The third-order valence-corrected chi connectivity index (χ3v) is 3.59. The summed E-state index contributed by atoms with van der Waals surface area (Å²) >= 11 is 0. The van der Waals surface area contributed by atoms with Gasteiger partial charge in [0.1, 0.15) is 0 Å². The SMILES string of the molecule is C[C@]1(CCO)C(=O)NCC1c1ccccc1. The van der Waals surface area contributed by atoms with Crippen molar-refractivity contribution < 1.29 is 9.90 Å². The van der Waals surface area contributed by atoms with Gasteiger partial charge in [0.25, 0.3) is 0 Å². The van der Waals surface area contributed by atoms with Crippen molar-refractivity contribution in [3.8, 4) is 0 Å². The molecular weight excluding hydrogens is 202 g/mol. The summed E-state index contributed by atoms with van der Waals surface area (Å²) in [6.45, 7) is 2.65. The molecule has 1 aromatic rings. The molecule has 1 heterocycles. The zero-order valence-electron chi connectivity index (χ0n) is 9.44. The van der Waals surface area contributed by atoms with Crippen LogP contribution in [-0.4, -0.2) is 24.2 Å². The van der Waals surface area contributed by atoms with Crippen LogP contribution in [0, 0.1) is 5.41 Å². The zero-order chi connectivity index (χ0) is 11.6. The van der Waals surface area contributed by atoms with Crippen LogP contribution in [0.2, 0.25) is 0 Å². The highest BCUT2D eigenvalue weighted by Gasteiger charge is 2.46. The lowest BCUT2D eigenvalue weighted by Crippen LogP contribution is -2.32. The highest BCUT2D eigenvalue weighted by atomic mass is 16.3. The van der Waals surface area contributed by atoms with Gasteiger partial charge in [-0.3, -0.25) is 4.79 Å². The molecule has 16 heavy (non-hydrogen) atoms. The number of hydrogen-bond acceptors (Lipinski definition) is 2. The third-order valence-electron chi connectivity index (χ3n) is 3.59. The van der Waals surface area contributed by atoms with Crippen LogP contribution >= 0.6 is 0 Å². The van der Waals surface area contributed by atoms with Gasteiger partial charge in [-0.1, -0.05) is 37.3 Å². The molecule has 0 aromatic heterocycles. The molecule has 0 saturated carbocycles. The van der Waals surface area contributed by atoms with E-state index in [0.29, 0.717) is 13.0 Å². The van der Waals surface area contributed by atoms with Crippen LogP contribution in [-0.2, 0) is 4.79 Å². The molecule has 1 saturated heterocycles. The van der Waals surface area contributed by atoms with E-state index >= 15 is 0 Å². The molecule has 1 aliphatic rings. The fraction of sp³-hybridized carbons (Fsp3) is 0.462. The topological polar surface area (TPSA) is 49.3 Å². The number of nitrogens with one attached hydrogen (secondary N) is 1. The Hall–Kier alpha value is -1.35. The largest absolute Gasteiger partial charge is 0.396 e. The van der Waals surface area contributed by atoms with E-state index < -0.39 is 5.41 Å². The number of carbonyl (C=O) groups excluding carboxylic acids is 1. The molecule has 86 valence electrons. The molecule has 1 amide bonds. The van der Waals surface area contributed by atoms with Crippen molar-refractivity contribution in [2.24, 2.45) is 5.41 Å². The van der Waals surface area contributed by atoms with Crippen molar-refractivity contribution in [2.75, 3.05) is 13.2 Å². The average Bonchev–Trinajstić information content (AvgIpc) is 2.58. The Labute approximate surface area is 95.5 Å². The van der Waals surface area contributed by atoms with Gasteiger partial charge >= 0.3 is 0 Å². The van der Waals surface area contributed by atoms with Crippen LogP contribution in [0.4, 0.5) is 0 Å². The Balaban J connectivity index is 2.31. The molecule has 1 unspecified atom stereocenters. The monoisotopic (exact) mass is 219 g/mol. The summed E-state index contributed by atoms with van der Waals surface area (Å²) in [4.78, 5) is 11.8. The molecule has 0 spiro atoms.